The monoisotopic (exact) mass is 280 g/mol. The van der Waals surface area contributed by atoms with Crippen LogP contribution in [0.1, 0.15) is 6.42 Å². The summed E-state index contributed by atoms with van der Waals surface area (Å²) >= 11 is 0. The predicted molar refractivity (Wildman–Crippen MR) is 71.7 cm³/mol. The molecule has 1 aromatic heterocycles. The summed E-state index contributed by atoms with van der Waals surface area (Å²) in [5, 5.41) is 17.9. The molecule has 0 aromatic carbocycles. The molecule has 2 aliphatic rings. The Labute approximate surface area is 117 Å². The van der Waals surface area contributed by atoms with Crippen molar-refractivity contribution < 1.29 is 24.2 Å². The van der Waals surface area contributed by atoms with Crippen LogP contribution in [0.2, 0.25) is 0 Å². The minimum absolute atomic E-state index is 0.282. The van der Waals surface area contributed by atoms with Gasteiger partial charge in [-0.2, -0.15) is 0 Å². The quantitative estimate of drug-likeness (QED) is 0.730. The van der Waals surface area contributed by atoms with Crippen molar-refractivity contribution in [1.29, 1.82) is 0 Å². The lowest BCUT2D eigenvalue weighted by molar-refractivity contribution is 0.157. The third kappa shape index (κ3) is 2.42. The van der Waals surface area contributed by atoms with E-state index in [1.807, 2.05) is 0 Å². The lowest BCUT2D eigenvalue weighted by Crippen LogP contribution is -2.39. The molecule has 0 bridgehead atoms. The van der Waals surface area contributed by atoms with Gasteiger partial charge in [0.25, 0.3) is 0 Å². The molecule has 1 saturated heterocycles. The van der Waals surface area contributed by atoms with Crippen LogP contribution in [0.4, 0.5) is 5.82 Å². The summed E-state index contributed by atoms with van der Waals surface area (Å²) in [4.78, 5) is 6.52. The van der Waals surface area contributed by atoms with Gasteiger partial charge in [-0.05, 0) is 6.42 Å². The van der Waals surface area contributed by atoms with Crippen LogP contribution in [-0.4, -0.2) is 55.3 Å². The third-order valence-corrected chi connectivity index (χ3v) is 3.68. The summed E-state index contributed by atoms with van der Waals surface area (Å²) in [6.07, 6.45) is 2.58. The number of anilines is 1. The Kier molecular flexibility index (Phi) is 3.69. The SMILES string of the molecule is COC[C@H]1C[C@H]2COc3c(OB(O)O)ccnc3N2C1. The van der Waals surface area contributed by atoms with E-state index in [0.29, 0.717) is 36.4 Å². The number of hydrogen-bond acceptors (Lipinski definition) is 7. The van der Waals surface area contributed by atoms with E-state index in [4.69, 9.17) is 24.2 Å². The van der Waals surface area contributed by atoms with Crippen molar-refractivity contribution in [2.45, 2.75) is 12.5 Å². The van der Waals surface area contributed by atoms with Crippen molar-refractivity contribution in [1.82, 2.24) is 4.98 Å². The van der Waals surface area contributed by atoms with Crippen molar-refractivity contribution in [2.24, 2.45) is 5.92 Å². The second-order valence-corrected chi connectivity index (χ2v) is 5.08. The van der Waals surface area contributed by atoms with Gasteiger partial charge in [-0.25, -0.2) is 4.98 Å². The van der Waals surface area contributed by atoms with Gasteiger partial charge in [0.15, 0.2) is 11.6 Å². The van der Waals surface area contributed by atoms with E-state index in [2.05, 4.69) is 9.88 Å². The molecule has 3 rings (SSSR count). The summed E-state index contributed by atoms with van der Waals surface area (Å²) in [5.41, 5.74) is 0. The van der Waals surface area contributed by atoms with Gasteiger partial charge >= 0.3 is 7.32 Å². The molecule has 0 amide bonds. The van der Waals surface area contributed by atoms with Gasteiger partial charge in [0.1, 0.15) is 6.61 Å². The molecule has 7 nitrogen and oxygen atoms in total. The highest BCUT2D eigenvalue weighted by Crippen LogP contribution is 2.43. The third-order valence-electron chi connectivity index (χ3n) is 3.68. The fraction of sp³-hybridized carbons (Fsp3) is 0.583. The summed E-state index contributed by atoms with van der Waals surface area (Å²) in [7, 11) is -0.170. The van der Waals surface area contributed by atoms with E-state index in [9.17, 15) is 0 Å². The highest BCUT2D eigenvalue weighted by Gasteiger charge is 2.39. The molecule has 2 aliphatic heterocycles. The average molecular weight is 280 g/mol. The predicted octanol–water partition coefficient (Wildman–Crippen LogP) is -0.336. The fourth-order valence-corrected chi connectivity index (χ4v) is 2.93. The van der Waals surface area contributed by atoms with E-state index in [0.717, 1.165) is 13.0 Å². The zero-order valence-corrected chi connectivity index (χ0v) is 11.2. The number of hydrogen-bond donors (Lipinski definition) is 2. The number of methoxy groups -OCH3 is 1. The lowest BCUT2D eigenvalue weighted by Gasteiger charge is -2.33. The second kappa shape index (κ2) is 5.47. The van der Waals surface area contributed by atoms with Gasteiger partial charge in [0, 0.05) is 31.8 Å². The normalized spacial score (nSPS) is 23.9. The maximum atomic E-state index is 8.93. The minimum Gasteiger partial charge on any atom is -0.509 e. The Hall–Kier alpha value is -1.51. The van der Waals surface area contributed by atoms with Crippen molar-refractivity contribution >= 4 is 13.1 Å². The molecule has 0 saturated carbocycles. The van der Waals surface area contributed by atoms with Crippen LogP contribution in [-0.2, 0) is 4.74 Å². The van der Waals surface area contributed by atoms with Crippen molar-refractivity contribution in [3.05, 3.63) is 12.3 Å². The number of ether oxygens (including phenoxy) is 2. The summed E-state index contributed by atoms with van der Waals surface area (Å²) < 4.78 is 15.9. The first-order valence-corrected chi connectivity index (χ1v) is 6.59. The molecule has 0 aliphatic carbocycles. The van der Waals surface area contributed by atoms with Gasteiger partial charge in [-0.3, -0.25) is 0 Å². The van der Waals surface area contributed by atoms with Crippen LogP contribution in [0.5, 0.6) is 11.5 Å². The average Bonchev–Trinajstić information content (AvgIpc) is 2.81. The molecule has 0 unspecified atom stereocenters. The first kappa shape index (κ1) is 13.5. The molecule has 20 heavy (non-hydrogen) atoms. The maximum Gasteiger partial charge on any atom is 0.707 e. The zero-order chi connectivity index (χ0) is 14.1. The maximum absolute atomic E-state index is 8.93. The van der Waals surface area contributed by atoms with E-state index in [-0.39, 0.29) is 6.04 Å². The van der Waals surface area contributed by atoms with Crippen LogP contribution < -0.4 is 14.3 Å². The van der Waals surface area contributed by atoms with Gasteiger partial charge in [0.05, 0.1) is 12.6 Å². The lowest BCUT2D eigenvalue weighted by atomic mass is 10.1. The topological polar surface area (TPSA) is 84.3 Å². The van der Waals surface area contributed by atoms with E-state index >= 15 is 0 Å². The molecule has 0 spiro atoms. The second-order valence-electron chi connectivity index (χ2n) is 5.08. The van der Waals surface area contributed by atoms with E-state index < -0.39 is 7.32 Å². The zero-order valence-electron chi connectivity index (χ0n) is 11.2. The van der Waals surface area contributed by atoms with Gasteiger partial charge in [-0.15, -0.1) is 0 Å². The molecular formula is C12H17BN2O5. The number of fused-ring (bicyclic) bond motifs is 3. The van der Waals surface area contributed by atoms with Gasteiger partial charge < -0.3 is 29.1 Å². The molecule has 108 valence electrons. The van der Waals surface area contributed by atoms with Crippen LogP contribution in [0, 0.1) is 5.92 Å². The Morgan fingerprint density at radius 1 is 1.55 bits per heavy atom. The Morgan fingerprint density at radius 2 is 2.40 bits per heavy atom. The largest absolute Gasteiger partial charge is 0.707 e. The van der Waals surface area contributed by atoms with Crippen LogP contribution in [0.3, 0.4) is 0 Å². The molecule has 8 heteroatoms. The number of nitrogens with zero attached hydrogens (tertiary/aromatic N) is 2. The fourth-order valence-electron chi connectivity index (χ4n) is 2.93. The number of aromatic nitrogens is 1. The Morgan fingerprint density at radius 3 is 3.15 bits per heavy atom. The molecule has 2 N–H and O–H groups in total. The van der Waals surface area contributed by atoms with Crippen LogP contribution in [0.15, 0.2) is 12.3 Å². The summed E-state index contributed by atoms with van der Waals surface area (Å²) in [5.74, 6) is 1.90. The summed E-state index contributed by atoms with van der Waals surface area (Å²) in [6.45, 7) is 2.11. The van der Waals surface area contributed by atoms with E-state index in [1.54, 1.807) is 19.4 Å². The molecule has 2 atom stereocenters. The standard InChI is InChI=1S/C12H17BN2O5/c1-18-6-8-4-9-7-19-11-10(20-13(16)17)2-3-14-12(11)15(9)5-8/h2-3,8-9,16-17H,4-7H2,1H3/t8-,9-/m0/s1. The highest BCUT2D eigenvalue weighted by atomic mass is 16.6. The molecule has 1 aromatic rings. The van der Waals surface area contributed by atoms with Crippen LogP contribution >= 0.6 is 0 Å². The number of pyridine rings is 1. The van der Waals surface area contributed by atoms with Gasteiger partial charge in [0.2, 0.25) is 5.75 Å². The molecule has 0 radical (unpaired) electrons. The highest BCUT2D eigenvalue weighted by molar-refractivity contribution is 6.33. The van der Waals surface area contributed by atoms with Crippen molar-refractivity contribution in [3.8, 4) is 11.5 Å². The molecular weight excluding hydrogens is 263 g/mol. The first-order chi connectivity index (χ1) is 9.69. The van der Waals surface area contributed by atoms with Crippen molar-refractivity contribution in [3.63, 3.8) is 0 Å². The van der Waals surface area contributed by atoms with Gasteiger partial charge in [-0.1, -0.05) is 0 Å². The van der Waals surface area contributed by atoms with Crippen molar-refractivity contribution in [2.75, 3.05) is 31.8 Å². The molecule has 3 heterocycles. The summed E-state index contributed by atoms with van der Waals surface area (Å²) in [6, 6.07) is 1.84. The first-order valence-electron chi connectivity index (χ1n) is 6.59. The molecule has 1 fully saturated rings. The Balaban J connectivity index is 1.86. The Bertz CT molecular complexity index is 487. The smallest absolute Gasteiger partial charge is 0.509 e. The minimum atomic E-state index is -1.87. The number of rotatable bonds is 4. The van der Waals surface area contributed by atoms with Crippen LogP contribution in [0.25, 0.3) is 0 Å². The van der Waals surface area contributed by atoms with E-state index in [1.165, 1.54) is 0 Å².